The van der Waals surface area contributed by atoms with Gasteiger partial charge in [-0.25, -0.2) is 5.43 Å². The van der Waals surface area contributed by atoms with Crippen LogP contribution >= 0.6 is 31.9 Å². The molecule has 0 radical (unpaired) electrons. The molecule has 3 N–H and O–H groups in total. The van der Waals surface area contributed by atoms with Crippen LogP contribution in [0.5, 0.6) is 0 Å². The molecule has 2 aromatic rings. The number of benzene rings is 1. The third-order valence-corrected chi connectivity index (χ3v) is 3.91. The molecule has 0 aliphatic carbocycles. The minimum atomic E-state index is -0.186. The fraction of sp³-hybridized carbons (Fsp3) is 0.167. The molecule has 2 rings (SSSR count). The molecule has 1 unspecified atom stereocenters. The van der Waals surface area contributed by atoms with Crippen LogP contribution in [0.25, 0.3) is 0 Å². The summed E-state index contributed by atoms with van der Waals surface area (Å²) in [4.78, 5) is 0. The van der Waals surface area contributed by atoms with Crippen molar-refractivity contribution in [2.45, 2.75) is 13.0 Å². The van der Waals surface area contributed by atoms with Gasteiger partial charge < -0.3 is 4.42 Å². The number of halogens is 2. The molecule has 17 heavy (non-hydrogen) atoms. The second-order valence-corrected chi connectivity index (χ2v) is 5.47. The van der Waals surface area contributed by atoms with Gasteiger partial charge in [-0.1, -0.05) is 33.6 Å². The van der Waals surface area contributed by atoms with E-state index in [1.807, 2.05) is 25.1 Å². The molecule has 5 heteroatoms. The highest BCUT2D eigenvalue weighted by molar-refractivity contribution is 9.10. The molecular weight excluding hydrogens is 348 g/mol. The predicted octanol–water partition coefficient (Wildman–Crippen LogP) is 3.67. The van der Waals surface area contributed by atoms with Crippen molar-refractivity contribution in [3.63, 3.8) is 0 Å². The third kappa shape index (κ3) is 2.63. The minimum absolute atomic E-state index is 0.186. The Bertz CT molecular complexity index is 525. The summed E-state index contributed by atoms with van der Waals surface area (Å²) >= 11 is 6.97. The molecule has 0 aliphatic rings. The highest BCUT2D eigenvalue weighted by Gasteiger charge is 2.20. The van der Waals surface area contributed by atoms with Crippen LogP contribution in [-0.4, -0.2) is 0 Å². The Labute approximate surface area is 117 Å². The summed E-state index contributed by atoms with van der Waals surface area (Å²) in [6, 6.07) is 7.78. The van der Waals surface area contributed by atoms with Gasteiger partial charge in [-0.2, -0.15) is 0 Å². The maximum absolute atomic E-state index is 5.63. The number of hydrogen-bond donors (Lipinski definition) is 2. The van der Waals surface area contributed by atoms with Gasteiger partial charge in [-0.05, 0) is 40.5 Å². The summed E-state index contributed by atoms with van der Waals surface area (Å²) in [5.41, 5.74) is 4.99. The van der Waals surface area contributed by atoms with E-state index in [1.54, 1.807) is 6.26 Å². The molecule has 0 saturated heterocycles. The summed E-state index contributed by atoms with van der Waals surface area (Å²) in [6.07, 6.45) is 1.63. The van der Waals surface area contributed by atoms with Crippen LogP contribution in [0.2, 0.25) is 0 Å². The lowest BCUT2D eigenvalue weighted by Gasteiger charge is -2.16. The average Bonchev–Trinajstić information content (AvgIpc) is 2.71. The van der Waals surface area contributed by atoms with Crippen molar-refractivity contribution >= 4 is 31.9 Å². The highest BCUT2D eigenvalue weighted by Crippen LogP contribution is 2.33. The van der Waals surface area contributed by atoms with Gasteiger partial charge in [-0.15, -0.1) is 0 Å². The zero-order chi connectivity index (χ0) is 12.4. The van der Waals surface area contributed by atoms with Crippen molar-refractivity contribution in [2.24, 2.45) is 5.84 Å². The Balaban J connectivity index is 2.49. The van der Waals surface area contributed by atoms with E-state index in [-0.39, 0.29) is 6.04 Å². The molecule has 0 bridgehead atoms. The van der Waals surface area contributed by atoms with E-state index in [0.29, 0.717) is 0 Å². The molecule has 1 aromatic carbocycles. The van der Waals surface area contributed by atoms with Gasteiger partial charge in [0, 0.05) is 4.47 Å². The largest absolute Gasteiger partial charge is 0.466 e. The van der Waals surface area contributed by atoms with Crippen LogP contribution in [0.4, 0.5) is 0 Å². The maximum atomic E-state index is 5.63. The number of aryl methyl sites for hydroxylation is 1. The number of rotatable bonds is 3. The van der Waals surface area contributed by atoms with Gasteiger partial charge in [0.25, 0.3) is 0 Å². The Hall–Kier alpha value is -0.620. The van der Waals surface area contributed by atoms with Gasteiger partial charge in [-0.3, -0.25) is 5.84 Å². The lowest BCUT2D eigenvalue weighted by atomic mass is 10.0. The fourth-order valence-corrected chi connectivity index (χ4v) is 2.61. The molecule has 0 saturated carbocycles. The van der Waals surface area contributed by atoms with Crippen molar-refractivity contribution in [1.29, 1.82) is 0 Å². The van der Waals surface area contributed by atoms with E-state index in [0.717, 1.165) is 20.3 Å². The van der Waals surface area contributed by atoms with E-state index in [2.05, 4.69) is 43.4 Å². The number of nitrogens with two attached hydrogens (primary N) is 1. The smallest absolute Gasteiger partial charge is 0.140 e. The van der Waals surface area contributed by atoms with Crippen LogP contribution < -0.4 is 11.3 Å². The third-order valence-electron chi connectivity index (χ3n) is 2.54. The first-order valence-corrected chi connectivity index (χ1v) is 6.67. The standard InChI is InChI=1S/C12H12Br2N2O/c1-7-2-3-9(13)8(6-7)11(16-15)12-10(14)4-5-17-12/h2-6,11,16H,15H2,1H3. The molecular formula is C12H12Br2N2O. The second kappa shape index (κ2) is 5.35. The topological polar surface area (TPSA) is 51.2 Å². The first kappa shape index (κ1) is 12.8. The lowest BCUT2D eigenvalue weighted by Crippen LogP contribution is -2.29. The van der Waals surface area contributed by atoms with Crippen LogP contribution in [0.15, 0.2) is 43.9 Å². The summed E-state index contributed by atoms with van der Waals surface area (Å²) in [7, 11) is 0. The van der Waals surface area contributed by atoms with Crippen molar-refractivity contribution in [1.82, 2.24) is 5.43 Å². The molecule has 0 amide bonds. The van der Waals surface area contributed by atoms with Crippen LogP contribution in [-0.2, 0) is 0 Å². The highest BCUT2D eigenvalue weighted by atomic mass is 79.9. The molecule has 1 aromatic heterocycles. The second-order valence-electron chi connectivity index (χ2n) is 3.76. The summed E-state index contributed by atoms with van der Waals surface area (Å²) in [5, 5.41) is 0. The molecule has 0 fully saturated rings. The van der Waals surface area contributed by atoms with E-state index in [1.165, 1.54) is 5.56 Å². The molecule has 0 spiro atoms. The van der Waals surface area contributed by atoms with Gasteiger partial charge in [0.05, 0.1) is 10.7 Å². The molecule has 90 valence electrons. The van der Waals surface area contributed by atoms with Gasteiger partial charge in [0.2, 0.25) is 0 Å². The molecule has 1 atom stereocenters. The van der Waals surface area contributed by atoms with Gasteiger partial charge in [0.1, 0.15) is 11.8 Å². The Morgan fingerprint density at radius 2 is 2.00 bits per heavy atom. The van der Waals surface area contributed by atoms with Crippen LogP contribution in [0.1, 0.15) is 22.9 Å². The van der Waals surface area contributed by atoms with E-state index >= 15 is 0 Å². The maximum Gasteiger partial charge on any atom is 0.140 e. The first-order chi connectivity index (χ1) is 8.13. The van der Waals surface area contributed by atoms with Crippen molar-refractivity contribution in [3.05, 3.63) is 56.4 Å². The first-order valence-electron chi connectivity index (χ1n) is 5.08. The Morgan fingerprint density at radius 1 is 1.24 bits per heavy atom. The van der Waals surface area contributed by atoms with Crippen LogP contribution in [0, 0.1) is 6.92 Å². The zero-order valence-corrected chi connectivity index (χ0v) is 12.4. The Kier molecular flexibility index (Phi) is 4.04. The van der Waals surface area contributed by atoms with E-state index < -0.39 is 0 Å². The van der Waals surface area contributed by atoms with Crippen molar-refractivity contribution < 1.29 is 4.42 Å². The summed E-state index contributed by atoms with van der Waals surface area (Å²) < 4.78 is 7.35. The monoisotopic (exact) mass is 358 g/mol. The number of hydrazine groups is 1. The average molecular weight is 360 g/mol. The summed E-state index contributed by atoms with van der Waals surface area (Å²) in [6.45, 7) is 2.04. The minimum Gasteiger partial charge on any atom is -0.466 e. The number of hydrogen-bond acceptors (Lipinski definition) is 3. The zero-order valence-electron chi connectivity index (χ0n) is 9.21. The van der Waals surface area contributed by atoms with E-state index in [4.69, 9.17) is 10.3 Å². The fourth-order valence-electron chi connectivity index (χ4n) is 1.70. The molecule has 0 aliphatic heterocycles. The summed E-state index contributed by atoms with van der Waals surface area (Å²) in [5.74, 6) is 6.39. The van der Waals surface area contributed by atoms with Crippen LogP contribution in [0.3, 0.4) is 0 Å². The predicted molar refractivity (Wildman–Crippen MR) is 74.5 cm³/mol. The quantitative estimate of drug-likeness (QED) is 0.649. The SMILES string of the molecule is Cc1ccc(Br)c(C(NN)c2occc2Br)c1. The number of nitrogens with one attached hydrogen (secondary N) is 1. The molecule has 1 heterocycles. The van der Waals surface area contributed by atoms with Crippen molar-refractivity contribution in [2.75, 3.05) is 0 Å². The van der Waals surface area contributed by atoms with Gasteiger partial charge in [0.15, 0.2) is 0 Å². The normalized spacial score (nSPS) is 12.7. The lowest BCUT2D eigenvalue weighted by molar-refractivity contribution is 0.449. The molecule has 3 nitrogen and oxygen atoms in total. The van der Waals surface area contributed by atoms with Gasteiger partial charge >= 0.3 is 0 Å². The number of furan rings is 1. The van der Waals surface area contributed by atoms with E-state index in [9.17, 15) is 0 Å². The Morgan fingerprint density at radius 3 is 2.59 bits per heavy atom. The van der Waals surface area contributed by atoms with Crippen molar-refractivity contribution in [3.8, 4) is 0 Å².